The molecule has 16 heavy (non-hydrogen) atoms. The molecule has 4 atom stereocenters. The molecule has 0 radical (unpaired) electrons. The van der Waals surface area contributed by atoms with E-state index in [0.29, 0.717) is 12.8 Å². The molecular weight excluding hydrogens is 212 g/mol. The van der Waals surface area contributed by atoms with E-state index in [2.05, 4.69) is 9.47 Å². The molecule has 2 rings (SSSR count). The average molecular weight is 226 g/mol. The van der Waals surface area contributed by atoms with Gasteiger partial charge in [0.25, 0.3) is 0 Å². The first-order valence-corrected chi connectivity index (χ1v) is 5.28. The summed E-state index contributed by atoms with van der Waals surface area (Å²) in [6.45, 7) is 0. The van der Waals surface area contributed by atoms with Gasteiger partial charge >= 0.3 is 11.9 Å². The van der Waals surface area contributed by atoms with Crippen molar-refractivity contribution in [2.75, 3.05) is 14.2 Å². The molecule has 2 aliphatic rings. The lowest BCUT2D eigenvalue weighted by molar-refractivity contribution is -0.161. The summed E-state index contributed by atoms with van der Waals surface area (Å²) in [5.41, 5.74) is 0. The highest BCUT2D eigenvalue weighted by atomic mass is 16.5. The largest absolute Gasteiger partial charge is 0.469 e. The molecule has 2 aliphatic carbocycles. The van der Waals surface area contributed by atoms with E-state index in [9.17, 15) is 14.4 Å². The molecule has 5 heteroatoms. The maximum absolute atomic E-state index is 11.6. The van der Waals surface area contributed by atoms with E-state index in [4.69, 9.17) is 0 Å². The van der Waals surface area contributed by atoms with Crippen molar-refractivity contribution in [3.63, 3.8) is 0 Å². The highest BCUT2D eigenvalue weighted by molar-refractivity contribution is 5.94. The van der Waals surface area contributed by atoms with Crippen LogP contribution in [0.15, 0.2) is 0 Å². The van der Waals surface area contributed by atoms with Crippen molar-refractivity contribution in [1.82, 2.24) is 0 Å². The molecule has 0 aromatic rings. The molecule has 0 saturated heterocycles. The van der Waals surface area contributed by atoms with Gasteiger partial charge in [-0.2, -0.15) is 0 Å². The van der Waals surface area contributed by atoms with E-state index in [-0.39, 0.29) is 17.6 Å². The number of hydrogen-bond donors (Lipinski definition) is 0. The van der Waals surface area contributed by atoms with Gasteiger partial charge in [-0.1, -0.05) is 0 Å². The molecule has 0 aliphatic heterocycles. The van der Waals surface area contributed by atoms with E-state index < -0.39 is 23.8 Å². The normalized spacial score (nSPS) is 36.2. The number of ether oxygens (including phenoxy) is 2. The second-order valence-corrected chi connectivity index (χ2v) is 4.37. The van der Waals surface area contributed by atoms with Gasteiger partial charge in [0.1, 0.15) is 5.78 Å². The van der Waals surface area contributed by atoms with Gasteiger partial charge in [0, 0.05) is 12.3 Å². The number of carbonyl (C=O) groups excluding carboxylic acids is 3. The standard InChI is InChI=1S/C11H14O5/c1-15-10(13)8-5-3-6(7(12)4-5)9(8)11(14)16-2/h5-6,8-9H,3-4H2,1-2H3/t5?,6?,8-,9-/m0/s1. The van der Waals surface area contributed by atoms with Crippen molar-refractivity contribution >= 4 is 17.7 Å². The van der Waals surface area contributed by atoms with Crippen LogP contribution in [0.2, 0.25) is 0 Å². The number of Topliss-reactive ketones (excluding diaryl/α,β-unsaturated/α-hetero) is 1. The van der Waals surface area contributed by atoms with Crippen molar-refractivity contribution in [3.8, 4) is 0 Å². The zero-order valence-electron chi connectivity index (χ0n) is 9.26. The number of esters is 2. The molecule has 0 spiro atoms. The molecule has 5 nitrogen and oxygen atoms in total. The van der Waals surface area contributed by atoms with E-state index in [0.717, 1.165) is 0 Å². The second-order valence-electron chi connectivity index (χ2n) is 4.37. The van der Waals surface area contributed by atoms with E-state index in [1.165, 1.54) is 14.2 Å². The molecule has 0 N–H and O–H groups in total. The Kier molecular flexibility index (Phi) is 2.69. The molecule has 0 aromatic carbocycles. The van der Waals surface area contributed by atoms with Crippen molar-refractivity contribution in [2.24, 2.45) is 23.7 Å². The Balaban J connectivity index is 2.27. The zero-order chi connectivity index (χ0) is 11.9. The van der Waals surface area contributed by atoms with Crippen LogP contribution < -0.4 is 0 Å². The summed E-state index contributed by atoms with van der Waals surface area (Å²) in [6, 6.07) is 0. The first kappa shape index (κ1) is 11.1. The van der Waals surface area contributed by atoms with Crippen LogP contribution in [0.3, 0.4) is 0 Å². The van der Waals surface area contributed by atoms with Crippen molar-refractivity contribution in [3.05, 3.63) is 0 Å². The van der Waals surface area contributed by atoms with Crippen LogP contribution in [0.25, 0.3) is 0 Å². The van der Waals surface area contributed by atoms with Crippen LogP contribution in [0.5, 0.6) is 0 Å². The summed E-state index contributed by atoms with van der Waals surface area (Å²) in [4.78, 5) is 34.8. The number of hydrogen-bond acceptors (Lipinski definition) is 5. The Labute approximate surface area is 93.1 Å². The summed E-state index contributed by atoms with van der Waals surface area (Å²) >= 11 is 0. The Hall–Kier alpha value is -1.39. The van der Waals surface area contributed by atoms with E-state index >= 15 is 0 Å². The molecular formula is C11H14O5. The topological polar surface area (TPSA) is 69.7 Å². The van der Waals surface area contributed by atoms with Gasteiger partial charge in [-0.25, -0.2) is 0 Å². The number of fused-ring (bicyclic) bond motifs is 2. The molecule has 2 unspecified atom stereocenters. The van der Waals surface area contributed by atoms with Crippen molar-refractivity contribution in [1.29, 1.82) is 0 Å². The van der Waals surface area contributed by atoms with Gasteiger partial charge in [0.2, 0.25) is 0 Å². The molecule has 0 aromatic heterocycles. The minimum absolute atomic E-state index is 0.0472. The lowest BCUT2D eigenvalue weighted by atomic mass is 9.78. The minimum Gasteiger partial charge on any atom is -0.469 e. The number of ketones is 1. The molecule has 0 amide bonds. The van der Waals surface area contributed by atoms with Crippen LogP contribution in [-0.4, -0.2) is 31.9 Å². The summed E-state index contributed by atoms with van der Waals surface area (Å²) in [6.07, 6.45) is 0.996. The SMILES string of the molecule is COC(=O)[C@H]1C2CC(=O)C(C2)[C@@H]1C(=O)OC. The van der Waals surface area contributed by atoms with Crippen LogP contribution in [0.4, 0.5) is 0 Å². The van der Waals surface area contributed by atoms with Gasteiger partial charge < -0.3 is 9.47 Å². The summed E-state index contributed by atoms with van der Waals surface area (Å²) < 4.78 is 9.35. The van der Waals surface area contributed by atoms with Gasteiger partial charge in [-0.05, 0) is 12.3 Å². The molecule has 0 heterocycles. The maximum Gasteiger partial charge on any atom is 0.310 e. The Morgan fingerprint density at radius 3 is 2.25 bits per heavy atom. The van der Waals surface area contributed by atoms with Crippen LogP contribution >= 0.6 is 0 Å². The molecule has 2 saturated carbocycles. The highest BCUT2D eigenvalue weighted by Crippen LogP contribution is 2.51. The Bertz CT molecular complexity index is 348. The lowest BCUT2D eigenvalue weighted by Gasteiger charge is -2.25. The fourth-order valence-corrected chi connectivity index (χ4v) is 3.04. The molecule has 2 bridgehead atoms. The second kappa shape index (κ2) is 3.88. The Morgan fingerprint density at radius 2 is 1.69 bits per heavy atom. The highest BCUT2D eigenvalue weighted by Gasteiger charge is 2.58. The quantitative estimate of drug-likeness (QED) is 0.628. The summed E-state index contributed by atoms with van der Waals surface area (Å²) in [7, 11) is 2.57. The summed E-state index contributed by atoms with van der Waals surface area (Å²) in [5.74, 6) is -2.34. The third-order valence-electron chi connectivity index (χ3n) is 3.71. The minimum atomic E-state index is -0.635. The third kappa shape index (κ3) is 1.42. The number of methoxy groups -OCH3 is 2. The van der Waals surface area contributed by atoms with Gasteiger partial charge in [0.05, 0.1) is 26.1 Å². The van der Waals surface area contributed by atoms with Crippen molar-refractivity contribution < 1.29 is 23.9 Å². The lowest BCUT2D eigenvalue weighted by Crippen LogP contribution is -2.39. The fraction of sp³-hybridized carbons (Fsp3) is 0.727. The number of rotatable bonds is 2. The Morgan fingerprint density at radius 1 is 1.12 bits per heavy atom. The van der Waals surface area contributed by atoms with Crippen LogP contribution in [0.1, 0.15) is 12.8 Å². The average Bonchev–Trinajstić information content (AvgIpc) is 2.82. The first-order valence-electron chi connectivity index (χ1n) is 5.28. The van der Waals surface area contributed by atoms with Crippen LogP contribution in [-0.2, 0) is 23.9 Å². The molecule has 2 fully saturated rings. The third-order valence-corrected chi connectivity index (χ3v) is 3.71. The predicted octanol–water partition coefficient (Wildman–Crippen LogP) is 0.174. The van der Waals surface area contributed by atoms with Gasteiger partial charge in [-0.15, -0.1) is 0 Å². The smallest absolute Gasteiger partial charge is 0.310 e. The van der Waals surface area contributed by atoms with E-state index in [1.807, 2.05) is 0 Å². The monoisotopic (exact) mass is 226 g/mol. The molecule has 88 valence electrons. The van der Waals surface area contributed by atoms with E-state index in [1.54, 1.807) is 0 Å². The summed E-state index contributed by atoms with van der Waals surface area (Å²) in [5, 5.41) is 0. The van der Waals surface area contributed by atoms with Gasteiger partial charge in [0.15, 0.2) is 0 Å². The van der Waals surface area contributed by atoms with Crippen LogP contribution in [0, 0.1) is 23.7 Å². The van der Waals surface area contributed by atoms with Gasteiger partial charge in [-0.3, -0.25) is 14.4 Å². The van der Waals surface area contributed by atoms with Crippen molar-refractivity contribution in [2.45, 2.75) is 12.8 Å². The fourth-order valence-electron chi connectivity index (χ4n) is 3.04. The predicted molar refractivity (Wildman–Crippen MR) is 52.2 cm³/mol. The number of carbonyl (C=O) groups is 3. The first-order chi connectivity index (χ1) is 7.60. The zero-order valence-corrected chi connectivity index (χ0v) is 9.26. The maximum atomic E-state index is 11.6.